The number of guanidine groups is 1. The van der Waals surface area contributed by atoms with Gasteiger partial charge < -0.3 is 5.32 Å². The van der Waals surface area contributed by atoms with Crippen molar-refractivity contribution in [2.24, 2.45) is 10.1 Å². The fourth-order valence-corrected chi connectivity index (χ4v) is 3.93. The highest BCUT2D eigenvalue weighted by Crippen LogP contribution is 2.38. The number of rotatable bonds is 3. The zero-order valence-electron chi connectivity index (χ0n) is 12.7. The van der Waals surface area contributed by atoms with E-state index in [2.05, 4.69) is 25.8 Å². The smallest absolute Gasteiger partial charge is 0.212 e. The number of fused-ring (bicyclic) bond motifs is 1. The molecule has 0 saturated heterocycles. The molecule has 0 aromatic carbocycles. The predicted molar refractivity (Wildman–Crippen MR) is 110 cm³/mol. The first kappa shape index (κ1) is 18.2. The summed E-state index contributed by atoms with van der Waals surface area (Å²) in [6.45, 7) is 1.57. The van der Waals surface area contributed by atoms with E-state index in [1.165, 1.54) is 11.3 Å². The van der Waals surface area contributed by atoms with Gasteiger partial charge in [-0.15, -0.1) is 28.3 Å². The summed E-state index contributed by atoms with van der Waals surface area (Å²) in [6.07, 6.45) is 3.64. The molecule has 6 nitrogen and oxygen atoms in total. The fourth-order valence-electron chi connectivity index (χ4n) is 2.47. The van der Waals surface area contributed by atoms with Crippen LogP contribution in [0.2, 0.25) is 8.67 Å². The van der Waals surface area contributed by atoms with Crippen molar-refractivity contribution in [1.82, 2.24) is 20.1 Å². The standard InChI is InChI=1S/C15H12Cl2N6S.BrH/c16-11-7-9(14(17)24-11)13-10(8-20-22-15-18-4-5-19-15)23-6-2-1-3-12(23)21-13;/h1-3,6-8H,4-5H2,(H2,18,19,22);1H/b20-8+;. The van der Waals surface area contributed by atoms with Crippen molar-refractivity contribution in [3.05, 3.63) is 44.8 Å². The first-order valence-corrected chi connectivity index (χ1v) is 8.79. The van der Waals surface area contributed by atoms with E-state index < -0.39 is 0 Å². The lowest BCUT2D eigenvalue weighted by Gasteiger charge is -2.01. The largest absolute Gasteiger partial charge is 0.353 e. The third kappa shape index (κ3) is 3.67. The van der Waals surface area contributed by atoms with E-state index in [1.807, 2.05) is 34.9 Å². The van der Waals surface area contributed by atoms with Crippen LogP contribution in [0.15, 0.2) is 40.6 Å². The molecule has 25 heavy (non-hydrogen) atoms. The van der Waals surface area contributed by atoms with Crippen molar-refractivity contribution in [2.75, 3.05) is 13.1 Å². The van der Waals surface area contributed by atoms with Gasteiger partial charge in [-0.25, -0.2) is 15.4 Å². The highest BCUT2D eigenvalue weighted by molar-refractivity contribution is 8.93. The normalized spacial score (nSPS) is 13.8. The van der Waals surface area contributed by atoms with Gasteiger partial charge in [0.05, 0.1) is 22.8 Å². The highest BCUT2D eigenvalue weighted by atomic mass is 79.9. The van der Waals surface area contributed by atoms with Gasteiger partial charge in [0.1, 0.15) is 15.7 Å². The minimum atomic E-state index is 0. The summed E-state index contributed by atoms with van der Waals surface area (Å²) in [5.41, 5.74) is 6.05. The molecule has 130 valence electrons. The van der Waals surface area contributed by atoms with Crippen LogP contribution in [0.4, 0.5) is 0 Å². The summed E-state index contributed by atoms with van der Waals surface area (Å²) in [4.78, 5) is 8.91. The maximum absolute atomic E-state index is 6.31. The van der Waals surface area contributed by atoms with E-state index in [1.54, 1.807) is 6.21 Å². The van der Waals surface area contributed by atoms with E-state index in [4.69, 9.17) is 23.2 Å². The molecule has 3 aromatic rings. The number of aromatic nitrogens is 2. The van der Waals surface area contributed by atoms with Crippen molar-refractivity contribution < 1.29 is 0 Å². The molecule has 0 atom stereocenters. The molecule has 0 saturated carbocycles. The van der Waals surface area contributed by atoms with Crippen LogP contribution in [0, 0.1) is 0 Å². The molecule has 0 aliphatic carbocycles. The Morgan fingerprint density at radius 3 is 2.96 bits per heavy atom. The number of hydrogen-bond acceptors (Lipinski definition) is 6. The number of nitrogens with zero attached hydrogens (tertiary/aromatic N) is 4. The minimum Gasteiger partial charge on any atom is -0.353 e. The average Bonchev–Trinajstić information content (AvgIpc) is 3.27. The van der Waals surface area contributed by atoms with Crippen molar-refractivity contribution in [1.29, 1.82) is 0 Å². The van der Waals surface area contributed by atoms with Crippen molar-refractivity contribution in [3.63, 3.8) is 0 Å². The van der Waals surface area contributed by atoms with Crippen LogP contribution in [-0.4, -0.2) is 34.6 Å². The Morgan fingerprint density at radius 2 is 2.24 bits per heavy atom. The van der Waals surface area contributed by atoms with E-state index in [-0.39, 0.29) is 17.0 Å². The van der Waals surface area contributed by atoms with E-state index >= 15 is 0 Å². The van der Waals surface area contributed by atoms with Gasteiger partial charge in [0.25, 0.3) is 0 Å². The maximum Gasteiger partial charge on any atom is 0.212 e. The Labute approximate surface area is 168 Å². The van der Waals surface area contributed by atoms with Gasteiger partial charge in [-0.3, -0.25) is 4.40 Å². The summed E-state index contributed by atoms with van der Waals surface area (Å²) < 4.78 is 3.18. The van der Waals surface area contributed by atoms with Crippen LogP contribution in [0.1, 0.15) is 5.69 Å². The minimum absolute atomic E-state index is 0. The average molecular weight is 460 g/mol. The molecule has 0 fully saturated rings. The lowest BCUT2D eigenvalue weighted by molar-refractivity contribution is 0.919. The van der Waals surface area contributed by atoms with Crippen molar-refractivity contribution in [3.8, 4) is 11.3 Å². The molecule has 1 aliphatic rings. The quantitative estimate of drug-likeness (QED) is 0.462. The first-order chi connectivity index (χ1) is 11.7. The summed E-state index contributed by atoms with van der Waals surface area (Å²) >= 11 is 13.7. The molecule has 3 aromatic heterocycles. The molecule has 0 unspecified atom stereocenters. The fraction of sp³-hybridized carbons (Fsp3) is 0.133. The van der Waals surface area contributed by atoms with Gasteiger partial charge in [0.15, 0.2) is 0 Å². The van der Waals surface area contributed by atoms with Crippen LogP contribution in [0.5, 0.6) is 0 Å². The van der Waals surface area contributed by atoms with Gasteiger partial charge in [0, 0.05) is 18.3 Å². The number of hydrogen-bond donors (Lipinski definition) is 2. The maximum atomic E-state index is 6.31. The predicted octanol–water partition coefficient (Wildman–Crippen LogP) is 3.83. The number of halogens is 3. The molecular formula is C15H13BrCl2N6S. The van der Waals surface area contributed by atoms with Gasteiger partial charge in [-0.2, -0.15) is 5.10 Å². The molecule has 0 spiro atoms. The molecule has 2 N–H and O–H groups in total. The number of nitrogens with one attached hydrogen (secondary N) is 2. The molecule has 0 radical (unpaired) electrons. The topological polar surface area (TPSA) is 66.1 Å². The lowest BCUT2D eigenvalue weighted by atomic mass is 10.2. The third-order valence-corrected chi connectivity index (χ3v) is 5.00. The third-order valence-electron chi connectivity index (χ3n) is 3.51. The zero-order chi connectivity index (χ0) is 16.5. The summed E-state index contributed by atoms with van der Waals surface area (Å²) in [6, 6.07) is 7.63. The Balaban J connectivity index is 0.00000182. The second kappa shape index (κ2) is 7.74. The van der Waals surface area contributed by atoms with E-state index in [0.29, 0.717) is 14.6 Å². The molecule has 0 bridgehead atoms. The number of pyridine rings is 1. The molecule has 1 aliphatic heterocycles. The number of imidazole rings is 1. The van der Waals surface area contributed by atoms with Crippen LogP contribution in [0.25, 0.3) is 16.9 Å². The molecule has 10 heteroatoms. The van der Waals surface area contributed by atoms with Crippen molar-refractivity contribution >= 4 is 69.3 Å². The van der Waals surface area contributed by atoms with Gasteiger partial charge in [-0.1, -0.05) is 29.3 Å². The Kier molecular flexibility index (Phi) is 5.63. The van der Waals surface area contributed by atoms with Crippen LogP contribution in [0.3, 0.4) is 0 Å². The monoisotopic (exact) mass is 458 g/mol. The zero-order valence-corrected chi connectivity index (χ0v) is 16.8. The van der Waals surface area contributed by atoms with Crippen molar-refractivity contribution in [2.45, 2.75) is 0 Å². The number of hydrazone groups is 1. The molecule has 4 heterocycles. The molecule has 0 amide bonds. The van der Waals surface area contributed by atoms with Gasteiger partial charge in [-0.05, 0) is 18.2 Å². The number of aliphatic imine (C=N–C) groups is 1. The first-order valence-electron chi connectivity index (χ1n) is 7.22. The molecular weight excluding hydrogens is 447 g/mol. The van der Waals surface area contributed by atoms with Crippen LogP contribution in [-0.2, 0) is 0 Å². The summed E-state index contributed by atoms with van der Waals surface area (Å²) in [5.74, 6) is 0.665. The summed E-state index contributed by atoms with van der Waals surface area (Å²) in [5, 5.41) is 7.37. The Morgan fingerprint density at radius 1 is 1.36 bits per heavy atom. The summed E-state index contributed by atoms with van der Waals surface area (Å²) in [7, 11) is 0. The van der Waals surface area contributed by atoms with Crippen LogP contribution < -0.4 is 10.7 Å². The van der Waals surface area contributed by atoms with Crippen LogP contribution >= 0.6 is 51.5 Å². The second-order valence-corrected chi connectivity index (χ2v) is 7.33. The van der Waals surface area contributed by atoms with E-state index in [9.17, 15) is 0 Å². The van der Waals surface area contributed by atoms with Gasteiger partial charge >= 0.3 is 0 Å². The second-order valence-electron chi connectivity index (χ2n) is 5.04. The molecule has 4 rings (SSSR count). The Bertz CT molecular complexity index is 964. The number of thiophene rings is 1. The lowest BCUT2D eigenvalue weighted by Crippen LogP contribution is -2.30. The highest BCUT2D eigenvalue weighted by Gasteiger charge is 2.17. The van der Waals surface area contributed by atoms with Gasteiger partial charge in [0.2, 0.25) is 5.96 Å². The SMILES string of the molecule is Br.Clc1cc(-c2nc3ccccn3c2/C=N/NC2=NCCN2)c(Cl)s1. The van der Waals surface area contributed by atoms with E-state index in [0.717, 1.165) is 35.7 Å². The Hall–Kier alpha value is -1.61.